The maximum atomic E-state index is 13.2. The summed E-state index contributed by atoms with van der Waals surface area (Å²) < 4.78 is 2.13. The first-order valence-electron chi connectivity index (χ1n) is 13.6. The predicted octanol–water partition coefficient (Wildman–Crippen LogP) is 5.78. The SMILES string of the molecule is Cc1cc2cc(CN(C3CCCC3)C(c3nnnn3C3CCCCC3)C(C)C)c(=O)[nH]c2cc1C. The van der Waals surface area contributed by atoms with E-state index in [9.17, 15) is 4.79 Å². The van der Waals surface area contributed by atoms with Crippen molar-refractivity contribution in [1.82, 2.24) is 30.1 Å². The van der Waals surface area contributed by atoms with E-state index in [4.69, 9.17) is 0 Å². The zero-order valence-electron chi connectivity index (χ0n) is 21.8. The van der Waals surface area contributed by atoms with Gasteiger partial charge < -0.3 is 4.98 Å². The van der Waals surface area contributed by atoms with E-state index in [1.165, 1.54) is 43.2 Å². The summed E-state index contributed by atoms with van der Waals surface area (Å²) in [6, 6.07) is 7.27. The Morgan fingerprint density at radius 1 is 1.00 bits per heavy atom. The smallest absolute Gasteiger partial charge is 0.252 e. The third kappa shape index (κ3) is 4.92. The van der Waals surface area contributed by atoms with E-state index in [-0.39, 0.29) is 11.6 Å². The van der Waals surface area contributed by atoms with Gasteiger partial charge in [0.2, 0.25) is 0 Å². The second-order valence-corrected chi connectivity index (χ2v) is 11.2. The molecule has 2 saturated carbocycles. The summed E-state index contributed by atoms with van der Waals surface area (Å²) in [6.07, 6.45) is 10.9. The van der Waals surface area contributed by atoms with Crippen LogP contribution in [0.4, 0.5) is 0 Å². The van der Waals surface area contributed by atoms with E-state index < -0.39 is 0 Å². The van der Waals surface area contributed by atoms with Crippen LogP contribution in [0.5, 0.6) is 0 Å². The molecule has 7 heteroatoms. The fourth-order valence-corrected chi connectivity index (χ4v) is 6.34. The quantitative estimate of drug-likeness (QED) is 0.468. The van der Waals surface area contributed by atoms with Gasteiger partial charge in [-0.05, 0) is 90.6 Å². The number of aryl methyl sites for hydroxylation is 2. The van der Waals surface area contributed by atoms with Crippen LogP contribution in [-0.4, -0.2) is 36.1 Å². The van der Waals surface area contributed by atoms with Gasteiger partial charge in [0.05, 0.1) is 12.1 Å². The van der Waals surface area contributed by atoms with Crippen LogP contribution in [0, 0.1) is 19.8 Å². The van der Waals surface area contributed by atoms with Crippen LogP contribution in [0.2, 0.25) is 0 Å². The van der Waals surface area contributed by atoms with Crippen molar-refractivity contribution in [3.63, 3.8) is 0 Å². The van der Waals surface area contributed by atoms with Crippen LogP contribution in [0.25, 0.3) is 10.9 Å². The molecule has 7 nitrogen and oxygen atoms in total. The number of H-pyrrole nitrogens is 1. The molecular formula is C28H40N6O. The van der Waals surface area contributed by atoms with Crippen LogP contribution in [0.1, 0.15) is 106 Å². The third-order valence-corrected chi connectivity index (χ3v) is 8.37. The number of nitrogens with zero attached hydrogens (tertiary/aromatic N) is 5. The Balaban J connectivity index is 1.54. The number of tetrazole rings is 1. The molecule has 2 fully saturated rings. The molecule has 2 aliphatic rings. The lowest BCUT2D eigenvalue weighted by Gasteiger charge is -2.38. The number of aromatic amines is 1. The number of hydrogen-bond acceptors (Lipinski definition) is 5. The second kappa shape index (κ2) is 10.2. The van der Waals surface area contributed by atoms with Crippen molar-refractivity contribution >= 4 is 10.9 Å². The van der Waals surface area contributed by atoms with Crippen LogP contribution >= 0.6 is 0 Å². The van der Waals surface area contributed by atoms with E-state index in [1.807, 2.05) is 0 Å². The Morgan fingerprint density at radius 2 is 1.69 bits per heavy atom. The van der Waals surface area contributed by atoms with Gasteiger partial charge in [-0.3, -0.25) is 9.69 Å². The van der Waals surface area contributed by atoms with Gasteiger partial charge in [-0.25, -0.2) is 4.68 Å². The van der Waals surface area contributed by atoms with Gasteiger partial charge in [0.1, 0.15) is 0 Å². The van der Waals surface area contributed by atoms with Gasteiger partial charge in [0.15, 0.2) is 5.82 Å². The summed E-state index contributed by atoms with van der Waals surface area (Å²) in [4.78, 5) is 19.0. The zero-order valence-corrected chi connectivity index (χ0v) is 21.8. The number of benzene rings is 1. The lowest BCUT2D eigenvalue weighted by molar-refractivity contribution is 0.0815. The summed E-state index contributed by atoms with van der Waals surface area (Å²) in [6.45, 7) is 9.37. The maximum Gasteiger partial charge on any atom is 0.252 e. The summed E-state index contributed by atoms with van der Waals surface area (Å²) in [5, 5.41) is 14.4. The standard InChI is InChI=1S/C28H40N6O/c1-18(2)26(27-30-31-32-34(27)24-12-6-5-7-13-24)33(23-10-8-9-11-23)17-22-16-21-14-19(3)20(4)15-25(21)29-28(22)35/h14-16,18,23-24,26H,5-13,17H2,1-4H3,(H,29,35). The number of aromatic nitrogens is 5. The molecule has 0 aliphatic heterocycles. The van der Waals surface area contributed by atoms with E-state index >= 15 is 0 Å². The van der Waals surface area contributed by atoms with E-state index in [0.29, 0.717) is 24.5 Å². The summed E-state index contributed by atoms with van der Waals surface area (Å²) in [5.74, 6) is 1.30. The van der Waals surface area contributed by atoms with Crippen molar-refractivity contribution in [3.05, 3.63) is 51.1 Å². The molecule has 2 heterocycles. The number of nitrogens with one attached hydrogen (secondary N) is 1. The van der Waals surface area contributed by atoms with Gasteiger partial charge in [-0.15, -0.1) is 5.10 Å². The third-order valence-electron chi connectivity index (χ3n) is 8.37. The fraction of sp³-hybridized carbons (Fsp3) is 0.643. The Bertz CT molecular complexity index is 1220. The molecule has 0 saturated heterocycles. The molecule has 3 aromatic rings. The Kier molecular flexibility index (Phi) is 7.05. The van der Waals surface area contributed by atoms with Crippen molar-refractivity contribution in [3.8, 4) is 0 Å². The van der Waals surface area contributed by atoms with E-state index in [2.05, 4.69) is 76.0 Å². The first-order chi connectivity index (χ1) is 16.9. The normalized spacial score (nSPS) is 18.8. The van der Waals surface area contributed by atoms with Gasteiger partial charge in [-0.2, -0.15) is 0 Å². The van der Waals surface area contributed by atoms with Gasteiger partial charge in [-0.1, -0.05) is 46.0 Å². The molecule has 0 spiro atoms. The molecule has 1 N–H and O–H groups in total. The molecule has 2 aliphatic carbocycles. The molecule has 35 heavy (non-hydrogen) atoms. The minimum Gasteiger partial charge on any atom is -0.322 e. The largest absolute Gasteiger partial charge is 0.322 e. The summed E-state index contributed by atoms with van der Waals surface area (Å²) in [5.41, 5.74) is 4.20. The van der Waals surface area contributed by atoms with Crippen LogP contribution in [-0.2, 0) is 6.54 Å². The minimum absolute atomic E-state index is 0.0122. The Labute approximate surface area is 208 Å². The molecule has 188 valence electrons. The Hall–Kier alpha value is -2.54. The maximum absolute atomic E-state index is 13.2. The second-order valence-electron chi connectivity index (χ2n) is 11.2. The predicted molar refractivity (Wildman–Crippen MR) is 139 cm³/mol. The van der Waals surface area contributed by atoms with Crippen LogP contribution in [0.3, 0.4) is 0 Å². The molecule has 0 radical (unpaired) electrons. The van der Waals surface area contributed by atoms with Crippen LogP contribution < -0.4 is 5.56 Å². The highest BCUT2D eigenvalue weighted by Crippen LogP contribution is 2.38. The number of fused-ring (bicyclic) bond motifs is 1. The highest BCUT2D eigenvalue weighted by Gasteiger charge is 2.36. The molecular weight excluding hydrogens is 436 g/mol. The molecule has 5 rings (SSSR count). The first kappa shape index (κ1) is 24.2. The number of hydrogen-bond donors (Lipinski definition) is 1. The lowest BCUT2D eigenvalue weighted by atomic mass is 9.94. The molecule has 1 atom stereocenters. The summed E-state index contributed by atoms with van der Waals surface area (Å²) >= 11 is 0. The zero-order chi connectivity index (χ0) is 24.5. The highest BCUT2D eigenvalue weighted by atomic mass is 16.1. The molecule has 0 bridgehead atoms. The average molecular weight is 477 g/mol. The first-order valence-corrected chi connectivity index (χ1v) is 13.6. The summed E-state index contributed by atoms with van der Waals surface area (Å²) in [7, 11) is 0. The van der Waals surface area contributed by atoms with E-state index in [1.54, 1.807) is 0 Å². The van der Waals surface area contributed by atoms with Crippen molar-refractivity contribution < 1.29 is 0 Å². The number of pyridine rings is 1. The van der Waals surface area contributed by atoms with Crippen molar-refractivity contribution in [2.45, 2.75) is 110 Å². The van der Waals surface area contributed by atoms with Gasteiger partial charge in [0.25, 0.3) is 5.56 Å². The molecule has 1 unspecified atom stereocenters. The number of rotatable bonds is 7. The topological polar surface area (TPSA) is 79.7 Å². The van der Waals surface area contributed by atoms with Crippen molar-refractivity contribution in [1.29, 1.82) is 0 Å². The highest BCUT2D eigenvalue weighted by molar-refractivity contribution is 5.80. The van der Waals surface area contributed by atoms with E-state index in [0.717, 1.165) is 48.0 Å². The molecule has 2 aromatic heterocycles. The lowest BCUT2D eigenvalue weighted by Crippen LogP contribution is -2.41. The van der Waals surface area contributed by atoms with Gasteiger partial charge >= 0.3 is 0 Å². The Morgan fingerprint density at radius 3 is 2.40 bits per heavy atom. The van der Waals surface area contributed by atoms with Crippen molar-refractivity contribution in [2.75, 3.05) is 0 Å². The monoisotopic (exact) mass is 476 g/mol. The van der Waals surface area contributed by atoms with Crippen molar-refractivity contribution in [2.24, 2.45) is 5.92 Å². The van der Waals surface area contributed by atoms with Crippen LogP contribution in [0.15, 0.2) is 23.0 Å². The molecule has 0 amide bonds. The minimum atomic E-state index is 0.0122. The molecule has 1 aromatic carbocycles. The van der Waals surface area contributed by atoms with Gasteiger partial charge in [0, 0.05) is 23.7 Å². The fourth-order valence-electron chi connectivity index (χ4n) is 6.34. The average Bonchev–Trinajstić information content (AvgIpc) is 3.53.